The Kier molecular flexibility index (Phi) is 10.5. The van der Waals surface area contributed by atoms with Crippen LogP contribution in [-0.4, -0.2) is 78.2 Å². The van der Waals surface area contributed by atoms with Crippen LogP contribution in [0.15, 0.2) is 90.0 Å². The summed E-state index contributed by atoms with van der Waals surface area (Å²) >= 11 is 0. The molecule has 0 unspecified atom stereocenters. The van der Waals surface area contributed by atoms with Crippen molar-refractivity contribution in [1.29, 1.82) is 0 Å². The predicted molar refractivity (Wildman–Crippen MR) is 186 cm³/mol. The number of pyridine rings is 1. The number of imidazole rings is 1. The van der Waals surface area contributed by atoms with Gasteiger partial charge in [0.15, 0.2) is 0 Å². The van der Waals surface area contributed by atoms with Crippen LogP contribution in [0.4, 0.5) is 18.0 Å². The van der Waals surface area contributed by atoms with Gasteiger partial charge >= 0.3 is 12.3 Å². The number of alkyl halides is 3. The van der Waals surface area contributed by atoms with Gasteiger partial charge in [-0.15, -0.1) is 0 Å². The van der Waals surface area contributed by atoms with Crippen LogP contribution < -0.4 is 9.47 Å². The molecule has 0 aliphatic carbocycles. The molecule has 274 valence electrons. The van der Waals surface area contributed by atoms with E-state index in [1.807, 2.05) is 6.92 Å². The van der Waals surface area contributed by atoms with E-state index in [0.717, 1.165) is 22.0 Å². The second-order valence-electron chi connectivity index (χ2n) is 12.4. The third-order valence-corrected chi connectivity index (χ3v) is 10.7. The second-order valence-corrected chi connectivity index (χ2v) is 14.4. The van der Waals surface area contributed by atoms with Crippen molar-refractivity contribution in [3.8, 4) is 22.8 Å². The lowest BCUT2D eigenvalue weighted by Crippen LogP contribution is -2.45. The highest BCUT2D eigenvalue weighted by Gasteiger charge is 2.38. The molecule has 1 N–H and O–H groups in total. The summed E-state index contributed by atoms with van der Waals surface area (Å²) in [6.07, 6.45) is -4.99. The average Bonchev–Trinajstić information content (AvgIpc) is 3.48. The van der Waals surface area contributed by atoms with Crippen LogP contribution in [0.3, 0.4) is 0 Å². The van der Waals surface area contributed by atoms with Crippen molar-refractivity contribution >= 4 is 21.8 Å². The highest BCUT2D eigenvalue weighted by atomic mass is 32.2. The zero-order valence-corrected chi connectivity index (χ0v) is 29.4. The van der Waals surface area contributed by atoms with E-state index in [4.69, 9.17) is 14.2 Å². The van der Waals surface area contributed by atoms with Crippen LogP contribution >= 0.6 is 0 Å². The number of ether oxygens (including phenoxy) is 3. The molecule has 0 bridgehead atoms. The first kappa shape index (κ1) is 36.7. The number of carbonyl (C=O) groups is 1. The SMILES string of the molecule is COc1ccc(CN(Cc2ccc(OC)cc2)S(=O)(=O)c2ccc(-c3nc4cc(C)ccn4c3C[C@H]3CN(C(=O)O)CCO3)c(C(F)(F)F)c2)cc1. The fourth-order valence-electron chi connectivity index (χ4n) is 6.21. The van der Waals surface area contributed by atoms with E-state index in [2.05, 4.69) is 4.98 Å². The summed E-state index contributed by atoms with van der Waals surface area (Å²) in [5.74, 6) is 1.13. The molecule has 3 aromatic carbocycles. The molecule has 1 aliphatic rings. The molecular formula is C37H37F3N4O7S. The Morgan fingerprint density at radius 2 is 1.58 bits per heavy atom. The van der Waals surface area contributed by atoms with E-state index >= 15 is 13.2 Å². The van der Waals surface area contributed by atoms with Gasteiger partial charge in [-0.2, -0.15) is 17.5 Å². The van der Waals surface area contributed by atoms with Crippen LogP contribution in [0.25, 0.3) is 16.9 Å². The van der Waals surface area contributed by atoms with Crippen LogP contribution in [0.5, 0.6) is 11.5 Å². The van der Waals surface area contributed by atoms with E-state index in [-0.39, 0.29) is 50.5 Å². The molecule has 1 amide bonds. The van der Waals surface area contributed by atoms with Gasteiger partial charge in [-0.1, -0.05) is 30.3 Å². The Morgan fingerprint density at radius 1 is 0.962 bits per heavy atom. The Balaban J connectivity index is 1.43. The second kappa shape index (κ2) is 14.9. The predicted octanol–water partition coefficient (Wildman–Crippen LogP) is 6.66. The Labute approximate surface area is 298 Å². The smallest absolute Gasteiger partial charge is 0.417 e. The number of hydrogen-bond donors (Lipinski definition) is 1. The molecule has 0 radical (unpaired) electrons. The molecule has 1 atom stereocenters. The number of benzene rings is 3. The number of aryl methyl sites for hydroxylation is 1. The fraction of sp³-hybridized carbons (Fsp3) is 0.297. The maximum atomic E-state index is 15.0. The number of morpholine rings is 1. The lowest BCUT2D eigenvalue weighted by Gasteiger charge is -2.31. The third kappa shape index (κ3) is 7.86. The van der Waals surface area contributed by atoms with Crippen LogP contribution in [-0.2, 0) is 40.4 Å². The summed E-state index contributed by atoms with van der Waals surface area (Å²) in [6, 6.07) is 19.9. The van der Waals surface area contributed by atoms with Crippen molar-refractivity contribution in [2.24, 2.45) is 0 Å². The van der Waals surface area contributed by atoms with E-state index < -0.39 is 38.9 Å². The van der Waals surface area contributed by atoms with E-state index in [0.29, 0.717) is 40.0 Å². The highest BCUT2D eigenvalue weighted by molar-refractivity contribution is 7.89. The van der Waals surface area contributed by atoms with Crippen molar-refractivity contribution in [3.63, 3.8) is 0 Å². The van der Waals surface area contributed by atoms with Crippen molar-refractivity contribution in [1.82, 2.24) is 18.6 Å². The standard InChI is InChI=1S/C37H37F3N4O7S/c1-24-14-15-44-33(19-29-23-42(36(45)46)16-17-51-29)35(41-34(44)18-24)31-13-12-30(20-32(31)37(38,39)40)52(47,48)43(21-25-4-8-27(49-2)9-5-25)22-26-6-10-28(50-3)11-7-26/h4-15,18,20,29H,16-17,19,21-23H2,1-3H3,(H,45,46)/t29-/m0/s1. The molecule has 1 aliphatic heterocycles. The Morgan fingerprint density at radius 3 is 2.13 bits per heavy atom. The minimum absolute atomic E-state index is 0.00811. The zero-order chi connectivity index (χ0) is 37.2. The molecule has 6 rings (SSSR count). The Bertz CT molecular complexity index is 2120. The van der Waals surface area contributed by atoms with Crippen LogP contribution in [0.1, 0.15) is 27.9 Å². The number of aromatic nitrogens is 2. The lowest BCUT2D eigenvalue weighted by molar-refractivity contribution is -0.137. The van der Waals surface area contributed by atoms with Crippen molar-refractivity contribution in [2.45, 2.75) is 43.6 Å². The summed E-state index contributed by atoms with van der Waals surface area (Å²) in [7, 11) is -1.52. The van der Waals surface area contributed by atoms with E-state index in [9.17, 15) is 18.3 Å². The van der Waals surface area contributed by atoms with Gasteiger partial charge in [-0.3, -0.25) is 0 Å². The molecule has 1 fully saturated rings. The third-order valence-electron chi connectivity index (χ3n) is 8.94. The van der Waals surface area contributed by atoms with Gasteiger partial charge in [0, 0.05) is 37.8 Å². The summed E-state index contributed by atoms with van der Waals surface area (Å²) in [6.45, 7) is 1.89. The monoisotopic (exact) mass is 738 g/mol. The molecule has 3 heterocycles. The first-order valence-corrected chi connectivity index (χ1v) is 17.8. The number of sulfonamides is 1. The minimum atomic E-state index is -4.97. The maximum absolute atomic E-state index is 15.0. The van der Waals surface area contributed by atoms with Gasteiger partial charge in [0.1, 0.15) is 17.1 Å². The fourth-order valence-corrected chi connectivity index (χ4v) is 7.65. The topological polar surface area (TPSA) is 123 Å². The summed E-state index contributed by atoms with van der Waals surface area (Å²) in [4.78, 5) is 16.9. The first-order valence-electron chi connectivity index (χ1n) is 16.3. The molecule has 2 aromatic heterocycles. The molecule has 11 nitrogen and oxygen atoms in total. The summed E-state index contributed by atoms with van der Waals surface area (Å²) in [5.41, 5.74) is 1.27. The maximum Gasteiger partial charge on any atom is 0.417 e. The molecule has 5 aromatic rings. The van der Waals surface area contributed by atoms with Gasteiger partial charge in [0.25, 0.3) is 0 Å². The number of methoxy groups -OCH3 is 2. The van der Waals surface area contributed by atoms with Gasteiger partial charge in [0.2, 0.25) is 10.0 Å². The van der Waals surface area contributed by atoms with E-state index in [1.165, 1.54) is 19.1 Å². The first-order chi connectivity index (χ1) is 24.8. The van der Waals surface area contributed by atoms with Gasteiger partial charge in [-0.05, 0) is 72.1 Å². The molecule has 0 saturated carbocycles. The number of nitrogens with zero attached hydrogens (tertiary/aromatic N) is 4. The number of halogens is 3. The number of hydrogen-bond acceptors (Lipinski definition) is 7. The quantitative estimate of drug-likeness (QED) is 0.160. The van der Waals surface area contributed by atoms with Gasteiger partial charge < -0.3 is 28.6 Å². The highest BCUT2D eigenvalue weighted by Crippen LogP contribution is 2.40. The summed E-state index contributed by atoms with van der Waals surface area (Å²) < 4.78 is 92.8. The zero-order valence-electron chi connectivity index (χ0n) is 28.6. The van der Waals surface area contributed by atoms with Crippen LogP contribution in [0.2, 0.25) is 0 Å². The Hall–Kier alpha value is -5.12. The molecule has 15 heteroatoms. The molecular weight excluding hydrogens is 701 g/mol. The molecule has 0 spiro atoms. The van der Waals surface area contributed by atoms with Crippen molar-refractivity contribution in [3.05, 3.63) is 113 Å². The number of carboxylic acid groups (broad SMARTS) is 1. The average molecular weight is 739 g/mol. The number of amides is 1. The van der Waals surface area contributed by atoms with Crippen molar-refractivity contribution < 1.29 is 45.7 Å². The van der Waals surface area contributed by atoms with Gasteiger partial charge in [0.05, 0.1) is 55.3 Å². The number of rotatable bonds is 11. The van der Waals surface area contributed by atoms with Gasteiger partial charge in [-0.25, -0.2) is 18.2 Å². The molecule has 1 saturated heterocycles. The minimum Gasteiger partial charge on any atom is -0.497 e. The lowest BCUT2D eigenvalue weighted by atomic mass is 10.00. The van der Waals surface area contributed by atoms with Crippen molar-refractivity contribution in [2.75, 3.05) is 33.9 Å². The number of fused-ring (bicyclic) bond motifs is 1. The van der Waals surface area contributed by atoms with Crippen LogP contribution in [0, 0.1) is 6.92 Å². The normalized spacial score (nSPS) is 15.3. The molecule has 52 heavy (non-hydrogen) atoms. The summed E-state index contributed by atoms with van der Waals surface area (Å²) in [5, 5.41) is 9.55. The largest absolute Gasteiger partial charge is 0.497 e. The van der Waals surface area contributed by atoms with E-state index in [1.54, 1.807) is 71.3 Å².